The summed E-state index contributed by atoms with van der Waals surface area (Å²) in [6, 6.07) is 16.1. The summed E-state index contributed by atoms with van der Waals surface area (Å²) in [5, 5.41) is 2.51. The normalized spacial score (nSPS) is 11.8. The molecule has 25 heavy (non-hydrogen) atoms. The van der Waals surface area contributed by atoms with Crippen molar-refractivity contribution in [3.63, 3.8) is 0 Å². The van der Waals surface area contributed by atoms with Crippen molar-refractivity contribution < 1.29 is 19.1 Å². The molecule has 1 N–H and O–H groups in total. The number of hydrogen-bond acceptors (Lipinski definition) is 4. The first-order valence-electron chi connectivity index (χ1n) is 7.89. The Kier molecular flexibility index (Phi) is 6.77. The van der Waals surface area contributed by atoms with Crippen LogP contribution in [0.15, 0.2) is 60.7 Å². The van der Waals surface area contributed by atoms with Crippen molar-refractivity contribution in [2.24, 2.45) is 0 Å². The van der Waals surface area contributed by atoms with Gasteiger partial charge < -0.3 is 14.8 Å². The molecule has 0 bridgehead atoms. The molecule has 0 saturated heterocycles. The maximum atomic E-state index is 12.0. The van der Waals surface area contributed by atoms with Crippen molar-refractivity contribution in [3.8, 4) is 0 Å². The Morgan fingerprint density at radius 1 is 1.08 bits per heavy atom. The molecule has 0 aliphatic heterocycles. The van der Waals surface area contributed by atoms with Crippen LogP contribution in [0.3, 0.4) is 0 Å². The molecule has 1 atom stereocenters. The van der Waals surface area contributed by atoms with E-state index in [0.717, 1.165) is 16.7 Å². The lowest BCUT2D eigenvalue weighted by Gasteiger charge is -2.13. The first-order valence-corrected chi connectivity index (χ1v) is 7.89. The van der Waals surface area contributed by atoms with Gasteiger partial charge in [-0.15, -0.1) is 0 Å². The average molecular weight is 339 g/mol. The van der Waals surface area contributed by atoms with Crippen LogP contribution in [0.2, 0.25) is 0 Å². The Morgan fingerprint density at radius 2 is 1.76 bits per heavy atom. The van der Waals surface area contributed by atoms with E-state index in [-0.39, 0.29) is 6.61 Å². The second-order valence-electron chi connectivity index (χ2n) is 5.42. The van der Waals surface area contributed by atoms with Crippen molar-refractivity contribution in [2.75, 3.05) is 7.11 Å². The van der Waals surface area contributed by atoms with Crippen LogP contribution in [0.1, 0.15) is 16.7 Å². The first-order chi connectivity index (χ1) is 12.1. The molecule has 0 fully saturated rings. The Morgan fingerprint density at radius 3 is 2.44 bits per heavy atom. The number of hydrogen-bond donors (Lipinski definition) is 1. The fraction of sp³-hybridized carbons (Fsp3) is 0.200. The molecule has 5 nitrogen and oxygen atoms in total. The molecule has 2 aromatic carbocycles. The molecule has 0 radical (unpaired) electrons. The van der Waals surface area contributed by atoms with E-state index in [0.29, 0.717) is 0 Å². The van der Waals surface area contributed by atoms with Gasteiger partial charge in [-0.25, -0.2) is 9.59 Å². The van der Waals surface area contributed by atoms with Gasteiger partial charge in [0.05, 0.1) is 7.11 Å². The van der Waals surface area contributed by atoms with E-state index in [1.165, 1.54) is 7.11 Å². The summed E-state index contributed by atoms with van der Waals surface area (Å²) >= 11 is 0. The standard InChI is InChI=1S/C20H21NO4/c1-15-8-6-7-11-17(15)12-13-18(19(22)24-2)21-20(23)25-14-16-9-4-3-5-10-16/h3-13,18H,14H2,1-2H3,(H,21,23)/b13-12+. The number of amides is 1. The van der Waals surface area contributed by atoms with Gasteiger partial charge in [-0.1, -0.05) is 66.7 Å². The zero-order valence-corrected chi connectivity index (χ0v) is 14.3. The molecule has 2 rings (SSSR count). The molecule has 5 heteroatoms. The van der Waals surface area contributed by atoms with E-state index in [2.05, 4.69) is 5.32 Å². The van der Waals surface area contributed by atoms with Crippen LogP contribution in [-0.4, -0.2) is 25.2 Å². The summed E-state index contributed by atoms with van der Waals surface area (Å²) in [7, 11) is 1.27. The molecule has 1 unspecified atom stereocenters. The maximum Gasteiger partial charge on any atom is 0.408 e. The van der Waals surface area contributed by atoms with Gasteiger partial charge in [-0.05, 0) is 23.6 Å². The molecular formula is C20H21NO4. The highest BCUT2D eigenvalue weighted by Gasteiger charge is 2.19. The van der Waals surface area contributed by atoms with Gasteiger partial charge in [-0.2, -0.15) is 0 Å². The molecule has 0 aliphatic carbocycles. The number of ether oxygens (including phenoxy) is 2. The van der Waals surface area contributed by atoms with E-state index in [1.807, 2.05) is 61.5 Å². The molecule has 0 spiro atoms. The molecular weight excluding hydrogens is 318 g/mol. The number of methoxy groups -OCH3 is 1. The van der Waals surface area contributed by atoms with Gasteiger partial charge in [0.2, 0.25) is 0 Å². The predicted molar refractivity (Wildman–Crippen MR) is 95.8 cm³/mol. The van der Waals surface area contributed by atoms with Crippen LogP contribution in [0, 0.1) is 6.92 Å². The van der Waals surface area contributed by atoms with E-state index in [1.54, 1.807) is 12.2 Å². The van der Waals surface area contributed by atoms with Crippen molar-refractivity contribution in [3.05, 3.63) is 77.4 Å². The third-order valence-corrected chi connectivity index (χ3v) is 3.60. The second kappa shape index (κ2) is 9.27. The smallest absolute Gasteiger partial charge is 0.408 e. The summed E-state index contributed by atoms with van der Waals surface area (Å²) in [6.07, 6.45) is 2.67. The van der Waals surface area contributed by atoms with E-state index in [4.69, 9.17) is 9.47 Å². The fourth-order valence-corrected chi connectivity index (χ4v) is 2.18. The van der Waals surface area contributed by atoms with Gasteiger partial charge in [0.1, 0.15) is 12.6 Å². The van der Waals surface area contributed by atoms with Crippen molar-refractivity contribution in [1.29, 1.82) is 0 Å². The summed E-state index contributed by atoms with van der Waals surface area (Å²) in [6.45, 7) is 2.09. The summed E-state index contributed by atoms with van der Waals surface area (Å²) < 4.78 is 9.87. The van der Waals surface area contributed by atoms with Crippen molar-refractivity contribution in [1.82, 2.24) is 5.32 Å². The van der Waals surface area contributed by atoms with Gasteiger partial charge in [-0.3, -0.25) is 0 Å². The van der Waals surface area contributed by atoms with Crippen LogP contribution < -0.4 is 5.32 Å². The molecule has 0 heterocycles. The molecule has 0 aromatic heterocycles. The van der Waals surface area contributed by atoms with Gasteiger partial charge >= 0.3 is 12.1 Å². The zero-order valence-electron chi connectivity index (χ0n) is 14.3. The topological polar surface area (TPSA) is 64.6 Å². The van der Waals surface area contributed by atoms with Crippen molar-refractivity contribution >= 4 is 18.1 Å². The lowest BCUT2D eigenvalue weighted by atomic mass is 10.1. The molecule has 130 valence electrons. The van der Waals surface area contributed by atoms with Crippen LogP contribution in [-0.2, 0) is 20.9 Å². The Labute approximate surface area is 147 Å². The Bertz CT molecular complexity index is 740. The highest BCUT2D eigenvalue weighted by atomic mass is 16.6. The van der Waals surface area contributed by atoms with Crippen LogP contribution in [0.25, 0.3) is 6.08 Å². The highest BCUT2D eigenvalue weighted by molar-refractivity contribution is 5.84. The second-order valence-corrected chi connectivity index (χ2v) is 5.42. The van der Waals surface area contributed by atoms with Crippen molar-refractivity contribution in [2.45, 2.75) is 19.6 Å². The number of nitrogens with one attached hydrogen (secondary N) is 1. The van der Waals surface area contributed by atoms with Gasteiger partial charge in [0.15, 0.2) is 0 Å². The SMILES string of the molecule is COC(=O)C(/C=C/c1ccccc1C)NC(=O)OCc1ccccc1. The summed E-state index contributed by atoms with van der Waals surface area (Å²) in [5.41, 5.74) is 2.88. The summed E-state index contributed by atoms with van der Waals surface area (Å²) in [4.78, 5) is 23.8. The molecule has 2 aromatic rings. The van der Waals surface area contributed by atoms with Crippen LogP contribution >= 0.6 is 0 Å². The zero-order chi connectivity index (χ0) is 18.1. The third-order valence-electron chi connectivity index (χ3n) is 3.60. The minimum atomic E-state index is -0.923. The first kappa shape index (κ1) is 18.3. The maximum absolute atomic E-state index is 12.0. The monoisotopic (exact) mass is 339 g/mol. The number of rotatable bonds is 6. The number of esters is 1. The number of carbonyl (C=O) groups excluding carboxylic acids is 2. The Balaban J connectivity index is 1.98. The quantitative estimate of drug-likeness (QED) is 0.819. The van der Waals surface area contributed by atoms with Crippen LogP contribution in [0.5, 0.6) is 0 Å². The van der Waals surface area contributed by atoms with Gasteiger partial charge in [0.25, 0.3) is 0 Å². The molecule has 1 amide bonds. The summed E-state index contributed by atoms with van der Waals surface area (Å²) in [5.74, 6) is -0.568. The third kappa shape index (κ3) is 5.80. The number of alkyl carbamates (subject to hydrolysis) is 1. The molecule has 0 aliphatic rings. The van der Waals surface area contributed by atoms with E-state index in [9.17, 15) is 9.59 Å². The predicted octanol–water partition coefficient (Wildman–Crippen LogP) is 3.48. The minimum Gasteiger partial charge on any atom is -0.467 e. The minimum absolute atomic E-state index is 0.127. The lowest BCUT2D eigenvalue weighted by molar-refractivity contribution is -0.141. The average Bonchev–Trinajstić information content (AvgIpc) is 2.64. The fourth-order valence-electron chi connectivity index (χ4n) is 2.18. The number of benzene rings is 2. The van der Waals surface area contributed by atoms with E-state index >= 15 is 0 Å². The number of aryl methyl sites for hydroxylation is 1. The van der Waals surface area contributed by atoms with Gasteiger partial charge in [0, 0.05) is 0 Å². The lowest BCUT2D eigenvalue weighted by Crippen LogP contribution is -2.40. The van der Waals surface area contributed by atoms with E-state index < -0.39 is 18.1 Å². The Hall–Kier alpha value is -3.08. The number of carbonyl (C=O) groups is 2. The largest absolute Gasteiger partial charge is 0.467 e. The molecule has 0 saturated carbocycles. The highest BCUT2D eigenvalue weighted by Crippen LogP contribution is 2.10. The van der Waals surface area contributed by atoms with Crippen LogP contribution in [0.4, 0.5) is 4.79 Å².